The lowest BCUT2D eigenvalue weighted by molar-refractivity contribution is 0.0979. The minimum absolute atomic E-state index is 0.0536. The van der Waals surface area contributed by atoms with Crippen molar-refractivity contribution in [3.63, 3.8) is 0 Å². The number of rotatable bonds is 1. The second kappa shape index (κ2) is 4.92. The number of nitrogens with zero attached hydrogens (tertiary/aromatic N) is 2. The molecule has 0 bridgehead atoms. The number of ether oxygens (including phenoxy) is 1. The summed E-state index contributed by atoms with van der Waals surface area (Å²) in [7, 11) is 1.82. The molecule has 1 aromatic carbocycles. The van der Waals surface area contributed by atoms with Crippen LogP contribution in [-0.2, 0) is 7.05 Å². The molecule has 20 heavy (non-hydrogen) atoms. The van der Waals surface area contributed by atoms with E-state index in [4.69, 9.17) is 10.5 Å². The fourth-order valence-corrected chi connectivity index (χ4v) is 2.48. The Hall–Kier alpha value is -2.43. The molecule has 1 aromatic heterocycles. The summed E-state index contributed by atoms with van der Waals surface area (Å²) < 4.78 is 7.43. The number of amides is 1. The van der Waals surface area contributed by atoms with Gasteiger partial charge in [0.05, 0.1) is 18.0 Å². The van der Waals surface area contributed by atoms with Crippen molar-refractivity contribution in [2.45, 2.75) is 6.42 Å². The third-order valence-corrected chi connectivity index (χ3v) is 3.43. The number of aryl methyl sites for hydroxylation is 1. The summed E-state index contributed by atoms with van der Waals surface area (Å²) in [6.07, 6.45) is 2.55. The monoisotopic (exact) mass is 271 g/mol. The molecule has 2 N–H and O–H groups in total. The van der Waals surface area contributed by atoms with Gasteiger partial charge in [0.1, 0.15) is 11.4 Å². The smallest absolute Gasteiger partial charge is 0.275 e. The Balaban J connectivity index is 2.01. The molecule has 2 aromatic rings. The Morgan fingerprint density at radius 3 is 2.90 bits per heavy atom. The van der Waals surface area contributed by atoms with Gasteiger partial charge in [-0.3, -0.25) is 4.79 Å². The van der Waals surface area contributed by atoms with E-state index in [1.54, 1.807) is 21.7 Å². The van der Waals surface area contributed by atoms with Crippen molar-refractivity contribution in [2.75, 3.05) is 23.8 Å². The average Bonchev–Trinajstić information content (AvgIpc) is 2.66. The zero-order chi connectivity index (χ0) is 14.1. The molecule has 0 atom stereocenters. The maximum atomic E-state index is 12.7. The predicted molar refractivity (Wildman–Crippen MR) is 78.1 cm³/mol. The summed E-state index contributed by atoms with van der Waals surface area (Å²) in [4.78, 5) is 14.5. The standard InChI is InChI=1S/C15H17N3O2/c1-17-10-11(16)9-13(17)15(19)18-7-4-8-20-14-6-3-2-5-12(14)18/h2-3,5-6,9-10H,4,7-8,16H2,1H3. The van der Waals surface area contributed by atoms with Gasteiger partial charge in [-0.25, -0.2) is 0 Å². The van der Waals surface area contributed by atoms with Crippen LogP contribution in [0.15, 0.2) is 36.5 Å². The van der Waals surface area contributed by atoms with Gasteiger partial charge in [-0.05, 0) is 24.6 Å². The van der Waals surface area contributed by atoms with Crippen molar-refractivity contribution in [3.8, 4) is 5.75 Å². The summed E-state index contributed by atoms with van der Waals surface area (Å²) in [6.45, 7) is 1.26. The fraction of sp³-hybridized carbons (Fsp3) is 0.267. The maximum absolute atomic E-state index is 12.7. The van der Waals surface area contributed by atoms with E-state index in [9.17, 15) is 4.79 Å². The molecule has 0 saturated heterocycles. The highest BCUT2D eigenvalue weighted by Gasteiger charge is 2.24. The number of anilines is 2. The third kappa shape index (κ3) is 2.11. The zero-order valence-corrected chi connectivity index (χ0v) is 11.4. The first-order valence-electron chi connectivity index (χ1n) is 6.62. The molecular weight excluding hydrogens is 254 g/mol. The SMILES string of the molecule is Cn1cc(N)cc1C(=O)N1CCCOc2ccccc21. The maximum Gasteiger partial charge on any atom is 0.275 e. The van der Waals surface area contributed by atoms with E-state index in [1.807, 2.05) is 31.3 Å². The number of nitrogens with two attached hydrogens (primary N) is 1. The molecule has 2 heterocycles. The topological polar surface area (TPSA) is 60.5 Å². The lowest BCUT2D eigenvalue weighted by atomic mass is 10.2. The van der Waals surface area contributed by atoms with Crippen LogP contribution in [0.3, 0.4) is 0 Å². The molecule has 5 nitrogen and oxygen atoms in total. The lowest BCUT2D eigenvalue weighted by Gasteiger charge is -2.21. The number of para-hydroxylation sites is 2. The summed E-state index contributed by atoms with van der Waals surface area (Å²) in [5.74, 6) is 0.697. The van der Waals surface area contributed by atoms with Gasteiger partial charge in [0.2, 0.25) is 0 Å². The van der Waals surface area contributed by atoms with Crippen molar-refractivity contribution in [2.24, 2.45) is 7.05 Å². The van der Waals surface area contributed by atoms with Crippen molar-refractivity contribution in [1.82, 2.24) is 4.57 Å². The van der Waals surface area contributed by atoms with Crippen LogP contribution in [0, 0.1) is 0 Å². The average molecular weight is 271 g/mol. The van der Waals surface area contributed by atoms with E-state index < -0.39 is 0 Å². The quantitative estimate of drug-likeness (QED) is 0.863. The van der Waals surface area contributed by atoms with E-state index in [-0.39, 0.29) is 5.91 Å². The van der Waals surface area contributed by atoms with Crippen molar-refractivity contribution >= 4 is 17.3 Å². The Labute approximate surface area is 117 Å². The molecule has 3 rings (SSSR count). The van der Waals surface area contributed by atoms with Crippen LogP contribution in [-0.4, -0.2) is 23.6 Å². The zero-order valence-electron chi connectivity index (χ0n) is 11.4. The van der Waals surface area contributed by atoms with Gasteiger partial charge in [0.25, 0.3) is 5.91 Å². The number of hydrogen-bond donors (Lipinski definition) is 1. The number of hydrogen-bond acceptors (Lipinski definition) is 3. The van der Waals surface area contributed by atoms with Crippen LogP contribution in [0.2, 0.25) is 0 Å². The molecule has 0 radical (unpaired) electrons. The van der Waals surface area contributed by atoms with Gasteiger partial charge in [0.15, 0.2) is 0 Å². The molecule has 0 aliphatic carbocycles. The van der Waals surface area contributed by atoms with Gasteiger partial charge in [-0.15, -0.1) is 0 Å². The van der Waals surface area contributed by atoms with Crippen LogP contribution in [0.4, 0.5) is 11.4 Å². The highest BCUT2D eigenvalue weighted by molar-refractivity contribution is 6.06. The molecule has 0 spiro atoms. The molecule has 1 aliphatic heterocycles. The number of nitrogen functional groups attached to an aromatic ring is 1. The van der Waals surface area contributed by atoms with E-state index in [0.29, 0.717) is 24.5 Å². The Morgan fingerprint density at radius 1 is 1.35 bits per heavy atom. The Kier molecular flexibility index (Phi) is 3.10. The Bertz CT molecular complexity index is 648. The highest BCUT2D eigenvalue weighted by atomic mass is 16.5. The molecule has 0 saturated carbocycles. The van der Waals surface area contributed by atoms with Crippen LogP contribution in [0.5, 0.6) is 5.75 Å². The predicted octanol–water partition coefficient (Wildman–Crippen LogP) is 2.04. The minimum atomic E-state index is -0.0536. The third-order valence-electron chi connectivity index (χ3n) is 3.43. The normalized spacial score (nSPS) is 14.3. The van der Waals surface area contributed by atoms with Crippen LogP contribution in [0.25, 0.3) is 0 Å². The number of fused-ring (bicyclic) bond motifs is 1. The summed E-state index contributed by atoms with van der Waals surface area (Å²) in [5.41, 5.74) is 7.75. The van der Waals surface area contributed by atoms with Gasteiger partial charge in [-0.2, -0.15) is 0 Å². The highest BCUT2D eigenvalue weighted by Crippen LogP contribution is 2.31. The summed E-state index contributed by atoms with van der Waals surface area (Å²) in [6, 6.07) is 9.32. The van der Waals surface area contributed by atoms with E-state index in [0.717, 1.165) is 17.9 Å². The van der Waals surface area contributed by atoms with Gasteiger partial charge in [-0.1, -0.05) is 12.1 Å². The van der Waals surface area contributed by atoms with Crippen LogP contribution in [0.1, 0.15) is 16.9 Å². The van der Waals surface area contributed by atoms with Crippen molar-refractivity contribution in [1.29, 1.82) is 0 Å². The van der Waals surface area contributed by atoms with Crippen molar-refractivity contribution < 1.29 is 9.53 Å². The lowest BCUT2D eigenvalue weighted by Crippen LogP contribution is -2.32. The second-order valence-electron chi connectivity index (χ2n) is 4.90. The number of carbonyl (C=O) groups is 1. The first kappa shape index (κ1) is 12.6. The first-order valence-corrected chi connectivity index (χ1v) is 6.62. The van der Waals surface area contributed by atoms with E-state index >= 15 is 0 Å². The van der Waals surface area contributed by atoms with Gasteiger partial charge < -0.3 is 19.9 Å². The minimum Gasteiger partial charge on any atom is -0.491 e. The van der Waals surface area contributed by atoms with Crippen LogP contribution < -0.4 is 15.4 Å². The first-order chi connectivity index (χ1) is 9.66. The van der Waals surface area contributed by atoms with E-state index in [1.165, 1.54) is 0 Å². The molecular formula is C15H17N3O2. The second-order valence-corrected chi connectivity index (χ2v) is 4.90. The fourth-order valence-electron chi connectivity index (χ4n) is 2.48. The van der Waals surface area contributed by atoms with Gasteiger partial charge in [0, 0.05) is 19.8 Å². The van der Waals surface area contributed by atoms with E-state index in [2.05, 4.69) is 0 Å². The van der Waals surface area contributed by atoms with Gasteiger partial charge >= 0.3 is 0 Å². The summed E-state index contributed by atoms with van der Waals surface area (Å²) in [5, 5.41) is 0. The summed E-state index contributed by atoms with van der Waals surface area (Å²) >= 11 is 0. The largest absolute Gasteiger partial charge is 0.491 e. The number of aromatic nitrogens is 1. The molecule has 0 fully saturated rings. The molecule has 1 aliphatic rings. The molecule has 0 unspecified atom stereocenters. The molecule has 104 valence electrons. The molecule has 1 amide bonds. The molecule has 5 heteroatoms. The van der Waals surface area contributed by atoms with Crippen LogP contribution >= 0.6 is 0 Å². The Morgan fingerprint density at radius 2 is 2.15 bits per heavy atom. The number of carbonyl (C=O) groups excluding carboxylic acids is 1. The number of benzene rings is 1. The van der Waals surface area contributed by atoms with Crippen molar-refractivity contribution in [3.05, 3.63) is 42.2 Å².